The maximum absolute atomic E-state index is 11.2. The van der Waals surface area contributed by atoms with Crippen molar-refractivity contribution in [2.75, 3.05) is 6.54 Å². The fraction of sp³-hybridized carbons (Fsp3) is 0.400. The minimum Gasteiger partial charge on any atom is -0.480 e. The molecule has 19 heavy (non-hydrogen) atoms. The van der Waals surface area contributed by atoms with E-state index in [1.807, 2.05) is 0 Å². The predicted octanol–water partition coefficient (Wildman–Crippen LogP) is -2.94. The summed E-state index contributed by atoms with van der Waals surface area (Å²) in [5.74, 6) is -3.50. The molecule has 0 aliphatic rings. The van der Waals surface area contributed by atoms with Gasteiger partial charge in [0, 0.05) is 18.7 Å². The summed E-state index contributed by atoms with van der Waals surface area (Å²) in [6, 6.07) is -2.18. The van der Waals surface area contributed by atoms with Gasteiger partial charge in [-0.25, -0.2) is 4.79 Å². The van der Waals surface area contributed by atoms with Gasteiger partial charge in [0.2, 0.25) is 17.7 Å². The van der Waals surface area contributed by atoms with Crippen LogP contribution in [0, 0.1) is 0 Å². The highest BCUT2D eigenvalue weighted by molar-refractivity contribution is 5.96. The highest BCUT2D eigenvalue weighted by Gasteiger charge is 2.21. The van der Waals surface area contributed by atoms with Crippen molar-refractivity contribution in [1.82, 2.24) is 10.6 Å². The molecule has 0 aliphatic heterocycles. The minimum atomic E-state index is -1.33. The molecule has 0 fully saturated rings. The third kappa shape index (κ3) is 7.49. The Hall–Kier alpha value is -2.42. The van der Waals surface area contributed by atoms with Crippen molar-refractivity contribution < 1.29 is 24.3 Å². The van der Waals surface area contributed by atoms with Crippen LogP contribution >= 0.6 is 0 Å². The third-order valence-corrected chi connectivity index (χ3v) is 1.91. The Morgan fingerprint density at radius 3 is 2.26 bits per heavy atom. The normalized spacial score (nSPS) is 13.6. The van der Waals surface area contributed by atoms with Crippen LogP contribution in [0.15, 0.2) is 12.2 Å². The fourth-order valence-corrected chi connectivity index (χ4v) is 0.923. The first-order valence-electron chi connectivity index (χ1n) is 5.28. The summed E-state index contributed by atoms with van der Waals surface area (Å²) in [7, 11) is 0. The molecule has 0 unspecified atom stereocenters. The zero-order valence-corrected chi connectivity index (χ0v) is 10.3. The first-order valence-corrected chi connectivity index (χ1v) is 5.28. The number of nitrogens with one attached hydrogen (secondary N) is 2. The molecule has 9 nitrogen and oxygen atoms in total. The molecule has 0 spiro atoms. The van der Waals surface area contributed by atoms with Crippen LogP contribution < -0.4 is 22.1 Å². The number of hydrogen-bond donors (Lipinski definition) is 5. The molecule has 0 aromatic rings. The standard InChI is InChI=1S/C10H16N4O5/c1-5(11)9(17)14-6(10(18)19)4-13-8(16)3-2-7(12)15/h2-3,5-6H,4,11H2,1H3,(H2,12,15)(H,13,16)(H,14,17)(H,18,19)/b3-2+/t5-,6-/m0/s1. The largest absolute Gasteiger partial charge is 0.480 e. The van der Waals surface area contributed by atoms with Gasteiger partial charge in [-0.1, -0.05) is 0 Å². The number of primary amides is 1. The van der Waals surface area contributed by atoms with E-state index in [1.165, 1.54) is 6.92 Å². The van der Waals surface area contributed by atoms with Crippen LogP contribution in [-0.2, 0) is 19.2 Å². The molecule has 3 amide bonds. The second kappa shape index (κ2) is 7.82. The Morgan fingerprint density at radius 2 is 1.84 bits per heavy atom. The lowest BCUT2D eigenvalue weighted by Gasteiger charge is -2.16. The number of carbonyl (C=O) groups excluding carboxylic acids is 3. The summed E-state index contributed by atoms with van der Waals surface area (Å²) in [4.78, 5) is 43.6. The minimum absolute atomic E-state index is 0.351. The van der Waals surface area contributed by atoms with Gasteiger partial charge in [0.1, 0.15) is 6.04 Å². The number of amides is 3. The van der Waals surface area contributed by atoms with Gasteiger partial charge in [-0.3, -0.25) is 14.4 Å². The maximum Gasteiger partial charge on any atom is 0.328 e. The monoisotopic (exact) mass is 272 g/mol. The maximum atomic E-state index is 11.2. The molecular formula is C10H16N4O5. The number of nitrogens with two attached hydrogens (primary N) is 2. The van der Waals surface area contributed by atoms with Gasteiger partial charge in [-0.05, 0) is 6.92 Å². The predicted molar refractivity (Wildman–Crippen MR) is 64.6 cm³/mol. The molecule has 0 aromatic carbocycles. The molecule has 106 valence electrons. The second-order valence-corrected chi connectivity index (χ2v) is 3.67. The lowest BCUT2D eigenvalue weighted by molar-refractivity contribution is -0.141. The molecule has 0 rings (SSSR count). The van der Waals surface area contributed by atoms with E-state index in [1.54, 1.807) is 0 Å². The zero-order valence-electron chi connectivity index (χ0n) is 10.3. The van der Waals surface area contributed by atoms with Crippen molar-refractivity contribution in [3.05, 3.63) is 12.2 Å². The van der Waals surface area contributed by atoms with Crippen molar-refractivity contribution in [1.29, 1.82) is 0 Å². The molecule has 7 N–H and O–H groups in total. The summed E-state index contributed by atoms with van der Waals surface area (Å²) >= 11 is 0. The summed E-state index contributed by atoms with van der Waals surface area (Å²) in [5, 5.41) is 13.2. The van der Waals surface area contributed by atoms with Crippen LogP contribution in [0.4, 0.5) is 0 Å². The Morgan fingerprint density at radius 1 is 1.26 bits per heavy atom. The second-order valence-electron chi connectivity index (χ2n) is 3.67. The van der Waals surface area contributed by atoms with Crippen LogP contribution in [-0.4, -0.2) is 47.4 Å². The molecular weight excluding hydrogens is 256 g/mol. The summed E-state index contributed by atoms with van der Waals surface area (Å²) in [6.45, 7) is 1.04. The lowest BCUT2D eigenvalue weighted by Crippen LogP contribution is -2.52. The van der Waals surface area contributed by atoms with Crippen molar-refractivity contribution in [3.63, 3.8) is 0 Å². The van der Waals surface area contributed by atoms with Crippen LogP contribution in [0.1, 0.15) is 6.92 Å². The third-order valence-electron chi connectivity index (χ3n) is 1.91. The van der Waals surface area contributed by atoms with Crippen molar-refractivity contribution in [2.24, 2.45) is 11.5 Å². The quantitative estimate of drug-likeness (QED) is 0.311. The Balaban J connectivity index is 4.38. The molecule has 0 saturated heterocycles. The topological polar surface area (TPSA) is 165 Å². The van der Waals surface area contributed by atoms with E-state index in [-0.39, 0.29) is 6.54 Å². The number of rotatable bonds is 7. The summed E-state index contributed by atoms with van der Waals surface area (Å²) < 4.78 is 0. The highest BCUT2D eigenvalue weighted by Crippen LogP contribution is 1.86. The molecule has 2 atom stereocenters. The van der Waals surface area contributed by atoms with Crippen LogP contribution in [0.2, 0.25) is 0 Å². The molecule has 0 aromatic heterocycles. The Labute approximate surface area is 109 Å². The van der Waals surface area contributed by atoms with Gasteiger partial charge >= 0.3 is 5.97 Å². The van der Waals surface area contributed by atoms with Crippen LogP contribution in [0.5, 0.6) is 0 Å². The van der Waals surface area contributed by atoms with Gasteiger partial charge in [0.25, 0.3) is 0 Å². The smallest absolute Gasteiger partial charge is 0.328 e. The highest BCUT2D eigenvalue weighted by atomic mass is 16.4. The first kappa shape index (κ1) is 16.6. The number of carboxylic acids is 1. The van der Waals surface area contributed by atoms with Crippen LogP contribution in [0.3, 0.4) is 0 Å². The van der Waals surface area contributed by atoms with E-state index in [0.717, 1.165) is 12.2 Å². The fourth-order valence-electron chi connectivity index (χ4n) is 0.923. The van der Waals surface area contributed by atoms with E-state index in [0.29, 0.717) is 0 Å². The van der Waals surface area contributed by atoms with E-state index >= 15 is 0 Å². The zero-order chi connectivity index (χ0) is 15.0. The van der Waals surface area contributed by atoms with E-state index in [9.17, 15) is 19.2 Å². The summed E-state index contributed by atoms with van der Waals surface area (Å²) in [5.41, 5.74) is 10.0. The Bertz CT molecular complexity index is 405. The van der Waals surface area contributed by atoms with Crippen LogP contribution in [0.25, 0.3) is 0 Å². The van der Waals surface area contributed by atoms with E-state index in [4.69, 9.17) is 16.6 Å². The van der Waals surface area contributed by atoms with E-state index < -0.39 is 35.8 Å². The number of hydrogen-bond acceptors (Lipinski definition) is 5. The first-order chi connectivity index (χ1) is 8.73. The number of carboxylic acid groups (broad SMARTS) is 1. The molecule has 9 heteroatoms. The van der Waals surface area contributed by atoms with Crippen molar-refractivity contribution in [3.8, 4) is 0 Å². The molecule has 0 radical (unpaired) electrons. The average Bonchev–Trinajstić information content (AvgIpc) is 2.30. The summed E-state index contributed by atoms with van der Waals surface area (Å²) in [6.07, 6.45) is 1.68. The Kier molecular flexibility index (Phi) is 6.82. The van der Waals surface area contributed by atoms with Gasteiger partial charge in [0.15, 0.2) is 0 Å². The SMILES string of the molecule is C[C@H](N)C(=O)N[C@@H](CNC(=O)/C=C/C(N)=O)C(=O)O. The van der Waals surface area contributed by atoms with Gasteiger partial charge in [-0.2, -0.15) is 0 Å². The molecule has 0 bridgehead atoms. The molecule has 0 aliphatic carbocycles. The average molecular weight is 272 g/mol. The lowest BCUT2D eigenvalue weighted by atomic mass is 10.2. The van der Waals surface area contributed by atoms with Gasteiger partial charge in [-0.15, -0.1) is 0 Å². The van der Waals surface area contributed by atoms with E-state index in [2.05, 4.69) is 10.6 Å². The number of carbonyl (C=O) groups is 4. The molecule has 0 saturated carbocycles. The van der Waals surface area contributed by atoms with Crippen molar-refractivity contribution >= 4 is 23.7 Å². The van der Waals surface area contributed by atoms with Gasteiger partial charge < -0.3 is 27.2 Å². The number of aliphatic carboxylic acids is 1. The molecule has 0 heterocycles. The van der Waals surface area contributed by atoms with Gasteiger partial charge in [0.05, 0.1) is 6.04 Å². The van der Waals surface area contributed by atoms with Crippen molar-refractivity contribution in [2.45, 2.75) is 19.0 Å².